The maximum absolute atomic E-state index is 11.2. The van der Waals surface area contributed by atoms with Crippen LogP contribution in [0, 0.1) is 3.57 Å². The van der Waals surface area contributed by atoms with E-state index in [4.69, 9.17) is 0 Å². The third-order valence-electron chi connectivity index (χ3n) is 3.03. The molecule has 0 saturated heterocycles. The lowest BCUT2D eigenvalue weighted by Gasteiger charge is -2.20. The second kappa shape index (κ2) is 10.5. The van der Waals surface area contributed by atoms with Crippen LogP contribution in [0.1, 0.15) is 58.9 Å². The zero-order chi connectivity index (χ0) is 17.2. The molecule has 1 aromatic rings. The van der Waals surface area contributed by atoms with Crippen molar-refractivity contribution < 1.29 is 17.3 Å². The van der Waals surface area contributed by atoms with Crippen LogP contribution in [0.15, 0.2) is 24.3 Å². The molecule has 0 amide bonds. The molecule has 0 aliphatic heterocycles. The molecule has 0 radical (unpaired) electrons. The molecule has 0 unspecified atom stereocenters. The van der Waals surface area contributed by atoms with Gasteiger partial charge in [-0.25, -0.2) is 0 Å². The SMILES string of the molecule is CC(C)(C)c1ccccc1I.CCCCCCS(=O)(=O)OF. The van der Waals surface area contributed by atoms with Gasteiger partial charge in [0, 0.05) is 3.57 Å². The molecule has 0 atom stereocenters. The van der Waals surface area contributed by atoms with E-state index in [9.17, 15) is 12.9 Å². The van der Waals surface area contributed by atoms with Gasteiger partial charge < -0.3 is 0 Å². The first-order valence-corrected chi connectivity index (χ1v) is 10.1. The minimum absolute atomic E-state index is 0.219. The largest absolute Gasteiger partial charge is 0.297 e. The quantitative estimate of drug-likeness (QED) is 0.437. The van der Waals surface area contributed by atoms with Crippen molar-refractivity contribution >= 4 is 32.7 Å². The van der Waals surface area contributed by atoms with Crippen molar-refractivity contribution in [1.82, 2.24) is 0 Å². The van der Waals surface area contributed by atoms with Crippen molar-refractivity contribution in [3.05, 3.63) is 33.4 Å². The van der Waals surface area contributed by atoms with Crippen molar-refractivity contribution in [2.24, 2.45) is 0 Å². The van der Waals surface area contributed by atoms with E-state index in [0.717, 1.165) is 19.3 Å². The molecule has 128 valence electrons. The van der Waals surface area contributed by atoms with Crippen LogP contribution in [-0.4, -0.2) is 14.2 Å². The van der Waals surface area contributed by atoms with Gasteiger partial charge >= 0.3 is 0 Å². The highest BCUT2D eigenvalue weighted by Gasteiger charge is 2.15. The fourth-order valence-corrected chi connectivity index (χ4v) is 3.62. The summed E-state index contributed by atoms with van der Waals surface area (Å²) in [5, 5.41) is 0. The Labute approximate surface area is 147 Å². The second-order valence-electron chi connectivity index (χ2n) is 6.12. The molecule has 0 aliphatic carbocycles. The lowest BCUT2D eigenvalue weighted by Crippen LogP contribution is -2.12. The minimum atomic E-state index is -3.87. The predicted molar refractivity (Wildman–Crippen MR) is 98.0 cm³/mol. The molecular formula is C16H26FIO3S. The van der Waals surface area contributed by atoms with E-state index in [-0.39, 0.29) is 11.2 Å². The van der Waals surface area contributed by atoms with E-state index in [1.807, 2.05) is 6.92 Å². The molecule has 0 N–H and O–H groups in total. The molecule has 0 bridgehead atoms. The minimum Gasteiger partial charge on any atom is -0.197 e. The molecule has 1 aromatic carbocycles. The summed E-state index contributed by atoms with van der Waals surface area (Å²) in [6.45, 7) is 8.74. The fourth-order valence-electron chi connectivity index (χ4n) is 1.81. The lowest BCUT2D eigenvalue weighted by molar-refractivity contribution is 0.00288. The van der Waals surface area contributed by atoms with Crippen molar-refractivity contribution in [3.63, 3.8) is 0 Å². The van der Waals surface area contributed by atoms with Crippen LogP contribution < -0.4 is 0 Å². The van der Waals surface area contributed by atoms with Gasteiger partial charge in [-0.05, 0) is 50.6 Å². The van der Waals surface area contributed by atoms with E-state index < -0.39 is 10.1 Å². The Balaban J connectivity index is 0.000000401. The van der Waals surface area contributed by atoms with Crippen molar-refractivity contribution in [3.8, 4) is 0 Å². The van der Waals surface area contributed by atoms with Gasteiger partial charge in [-0.1, -0.05) is 69.5 Å². The zero-order valence-electron chi connectivity index (χ0n) is 13.7. The molecule has 0 spiro atoms. The van der Waals surface area contributed by atoms with Crippen LogP contribution in [0.2, 0.25) is 0 Å². The van der Waals surface area contributed by atoms with Crippen LogP contribution in [0.5, 0.6) is 0 Å². The maximum Gasteiger partial charge on any atom is 0.297 e. The first kappa shape index (κ1) is 21.8. The van der Waals surface area contributed by atoms with Gasteiger partial charge in [-0.3, -0.25) is 0 Å². The summed E-state index contributed by atoms with van der Waals surface area (Å²) in [6, 6.07) is 8.53. The Morgan fingerprint density at radius 3 is 2.14 bits per heavy atom. The van der Waals surface area contributed by atoms with Gasteiger partial charge in [0.1, 0.15) is 0 Å². The fraction of sp³-hybridized carbons (Fsp3) is 0.625. The molecule has 0 heterocycles. The molecule has 3 nitrogen and oxygen atoms in total. The average Bonchev–Trinajstić information content (AvgIpc) is 2.44. The smallest absolute Gasteiger partial charge is 0.197 e. The Bertz CT molecular complexity index is 524. The summed E-state index contributed by atoms with van der Waals surface area (Å²) < 4.78 is 36.1. The van der Waals surface area contributed by atoms with Gasteiger partial charge in [0.25, 0.3) is 10.1 Å². The van der Waals surface area contributed by atoms with Gasteiger partial charge in [-0.2, -0.15) is 8.42 Å². The summed E-state index contributed by atoms with van der Waals surface area (Å²) in [7, 11) is -3.87. The zero-order valence-corrected chi connectivity index (χ0v) is 16.7. The van der Waals surface area contributed by atoms with Crippen molar-refractivity contribution in [2.75, 3.05) is 5.75 Å². The standard InChI is InChI=1S/C10H13I.C6H13FO3S/c1-10(2,3)8-6-4-5-7-9(8)11;1-2-3-4-5-6-11(8,9)10-7/h4-7H,1-3H3;2-6H2,1H3. The lowest BCUT2D eigenvalue weighted by atomic mass is 9.87. The number of benzene rings is 1. The van der Waals surface area contributed by atoms with Crippen LogP contribution in [-0.2, 0) is 19.9 Å². The number of rotatable bonds is 6. The van der Waals surface area contributed by atoms with E-state index in [0.29, 0.717) is 6.42 Å². The van der Waals surface area contributed by atoms with E-state index in [1.54, 1.807) is 0 Å². The summed E-state index contributed by atoms with van der Waals surface area (Å²) >= 11 is 2.39. The number of hydrogen-bond donors (Lipinski definition) is 0. The Kier molecular flexibility index (Phi) is 10.4. The third-order valence-corrected chi connectivity index (χ3v) is 4.95. The number of hydrogen-bond acceptors (Lipinski definition) is 3. The summed E-state index contributed by atoms with van der Waals surface area (Å²) in [5.74, 6) is -0.219. The van der Waals surface area contributed by atoms with Crippen molar-refractivity contribution in [2.45, 2.75) is 58.8 Å². The molecule has 1 rings (SSSR count). The normalized spacial score (nSPS) is 11.7. The number of halogens is 2. The molecule has 22 heavy (non-hydrogen) atoms. The van der Waals surface area contributed by atoms with Crippen LogP contribution >= 0.6 is 22.6 Å². The van der Waals surface area contributed by atoms with Crippen LogP contribution in [0.3, 0.4) is 0 Å². The van der Waals surface area contributed by atoms with Gasteiger partial charge in [0.15, 0.2) is 0 Å². The number of unbranched alkanes of at least 4 members (excludes halogenated alkanes) is 3. The topological polar surface area (TPSA) is 43.4 Å². The second-order valence-corrected chi connectivity index (χ2v) is 8.93. The summed E-state index contributed by atoms with van der Waals surface area (Å²) in [6.07, 6.45) is 3.28. The summed E-state index contributed by atoms with van der Waals surface area (Å²) in [5.41, 5.74) is 1.71. The monoisotopic (exact) mass is 444 g/mol. The van der Waals surface area contributed by atoms with Crippen LogP contribution in [0.4, 0.5) is 4.53 Å². The van der Waals surface area contributed by atoms with E-state index in [2.05, 4.69) is 72.0 Å². The van der Waals surface area contributed by atoms with Gasteiger partial charge in [0.05, 0.1) is 5.75 Å². The highest BCUT2D eigenvalue weighted by Crippen LogP contribution is 2.26. The molecule has 0 saturated carbocycles. The summed E-state index contributed by atoms with van der Waals surface area (Å²) in [4.78, 5) is 0. The highest BCUT2D eigenvalue weighted by atomic mass is 127. The Hall–Kier alpha value is -0.210. The van der Waals surface area contributed by atoms with E-state index >= 15 is 0 Å². The predicted octanol–water partition coefficient (Wildman–Crippen LogP) is 5.39. The first-order valence-electron chi connectivity index (χ1n) is 7.42. The van der Waals surface area contributed by atoms with Gasteiger partial charge in [-0.15, -0.1) is 0 Å². The maximum atomic E-state index is 11.2. The third kappa shape index (κ3) is 9.74. The Morgan fingerprint density at radius 1 is 1.14 bits per heavy atom. The highest BCUT2D eigenvalue weighted by molar-refractivity contribution is 14.1. The molecule has 6 heteroatoms. The van der Waals surface area contributed by atoms with Crippen LogP contribution in [0.25, 0.3) is 0 Å². The molecule has 0 fully saturated rings. The van der Waals surface area contributed by atoms with E-state index in [1.165, 1.54) is 9.13 Å². The first-order chi connectivity index (χ1) is 10.1. The Morgan fingerprint density at radius 2 is 1.73 bits per heavy atom. The van der Waals surface area contributed by atoms with Crippen molar-refractivity contribution in [1.29, 1.82) is 0 Å². The molecule has 0 aromatic heterocycles. The molecule has 0 aliphatic rings. The molecular weight excluding hydrogens is 418 g/mol. The average molecular weight is 444 g/mol. The van der Waals surface area contributed by atoms with Gasteiger partial charge in [0.2, 0.25) is 0 Å².